The van der Waals surface area contributed by atoms with Crippen LogP contribution in [0.25, 0.3) is 0 Å². The Kier molecular flexibility index (Phi) is 6.03. The molecule has 2 atom stereocenters. The summed E-state index contributed by atoms with van der Waals surface area (Å²) in [6.07, 6.45) is 2.63. The fourth-order valence-electron chi connectivity index (χ4n) is 1.82. The van der Waals surface area contributed by atoms with Crippen molar-refractivity contribution < 1.29 is 0 Å². The maximum absolute atomic E-state index is 3.66. The molecule has 16 heavy (non-hydrogen) atoms. The summed E-state index contributed by atoms with van der Waals surface area (Å²) in [5, 5.41) is 3.66. The van der Waals surface area contributed by atoms with Crippen molar-refractivity contribution in [3.05, 3.63) is 0 Å². The third kappa shape index (κ3) is 7.27. The van der Waals surface area contributed by atoms with Gasteiger partial charge in [0.05, 0.1) is 0 Å². The molecule has 0 aromatic carbocycles. The Labute approximate surface area is 103 Å². The molecule has 0 amide bonds. The minimum Gasteiger partial charge on any atom is -0.312 e. The largest absolute Gasteiger partial charge is 0.312 e. The quantitative estimate of drug-likeness (QED) is 0.730. The highest BCUT2D eigenvalue weighted by molar-refractivity contribution is 4.81. The Bertz CT molecular complexity index is 183. The Morgan fingerprint density at radius 1 is 1.00 bits per heavy atom. The fourth-order valence-corrected chi connectivity index (χ4v) is 1.82. The number of nitrogens with one attached hydrogen (secondary N) is 1. The van der Waals surface area contributed by atoms with Crippen LogP contribution < -0.4 is 5.32 Å². The Balaban J connectivity index is 4.34. The molecule has 1 nitrogen and oxygen atoms in total. The third-order valence-electron chi connectivity index (χ3n) is 3.49. The first-order valence-electron chi connectivity index (χ1n) is 6.81. The molecule has 0 radical (unpaired) electrons. The SMILES string of the molecule is CCC(C)CC(CNC(C)(C)C)C(C)(C)C. The van der Waals surface area contributed by atoms with Crippen LogP contribution in [-0.4, -0.2) is 12.1 Å². The molecule has 2 unspecified atom stereocenters. The summed E-state index contributed by atoms with van der Waals surface area (Å²) in [6.45, 7) is 19.6. The maximum atomic E-state index is 3.66. The monoisotopic (exact) mass is 227 g/mol. The van der Waals surface area contributed by atoms with E-state index in [4.69, 9.17) is 0 Å². The molecular formula is C15H33N. The summed E-state index contributed by atoms with van der Waals surface area (Å²) in [4.78, 5) is 0. The minimum absolute atomic E-state index is 0.235. The molecular weight excluding hydrogens is 194 g/mol. The lowest BCUT2D eigenvalue weighted by Crippen LogP contribution is -2.42. The van der Waals surface area contributed by atoms with Gasteiger partial charge in [0, 0.05) is 5.54 Å². The van der Waals surface area contributed by atoms with Crippen molar-refractivity contribution in [2.24, 2.45) is 17.3 Å². The molecule has 0 aliphatic heterocycles. The molecule has 0 aliphatic rings. The van der Waals surface area contributed by atoms with Crippen LogP contribution in [-0.2, 0) is 0 Å². The van der Waals surface area contributed by atoms with Crippen molar-refractivity contribution in [3.63, 3.8) is 0 Å². The van der Waals surface area contributed by atoms with Crippen LogP contribution in [0.1, 0.15) is 68.2 Å². The molecule has 0 saturated carbocycles. The second-order valence-electron chi connectivity index (χ2n) is 7.44. The van der Waals surface area contributed by atoms with Gasteiger partial charge in [-0.15, -0.1) is 0 Å². The smallest absolute Gasteiger partial charge is 0.00966 e. The van der Waals surface area contributed by atoms with Crippen molar-refractivity contribution in [1.82, 2.24) is 5.32 Å². The van der Waals surface area contributed by atoms with E-state index in [0.29, 0.717) is 5.41 Å². The van der Waals surface area contributed by atoms with Crippen LogP contribution >= 0.6 is 0 Å². The molecule has 0 aliphatic carbocycles. The van der Waals surface area contributed by atoms with E-state index in [1.807, 2.05) is 0 Å². The van der Waals surface area contributed by atoms with Gasteiger partial charge in [-0.25, -0.2) is 0 Å². The molecule has 0 heterocycles. The van der Waals surface area contributed by atoms with E-state index >= 15 is 0 Å². The summed E-state index contributed by atoms with van der Waals surface area (Å²) in [6, 6.07) is 0. The predicted molar refractivity (Wildman–Crippen MR) is 74.8 cm³/mol. The molecule has 0 aromatic rings. The molecule has 0 bridgehead atoms. The molecule has 0 aromatic heterocycles. The van der Waals surface area contributed by atoms with Gasteiger partial charge in [0.2, 0.25) is 0 Å². The lowest BCUT2D eigenvalue weighted by molar-refractivity contribution is 0.180. The van der Waals surface area contributed by atoms with Gasteiger partial charge in [-0.3, -0.25) is 0 Å². The van der Waals surface area contributed by atoms with E-state index in [1.165, 1.54) is 12.8 Å². The lowest BCUT2D eigenvalue weighted by atomic mass is 9.75. The second-order valence-corrected chi connectivity index (χ2v) is 7.44. The van der Waals surface area contributed by atoms with E-state index in [0.717, 1.165) is 18.4 Å². The summed E-state index contributed by atoms with van der Waals surface area (Å²) >= 11 is 0. The zero-order chi connectivity index (χ0) is 13.0. The summed E-state index contributed by atoms with van der Waals surface area (Å²) in [7, 11) is 0. The third-order valence-corrected chi connectivity index (χ3v) is 3.49. The first-order chi connectivity index (χ1) is 7.06. The highest BCUT2D eigenvalue weighted by atomic mass is 14.9. The number of hydrogen-bond acceptors (Lipinski definition) is 1. The van der Waals surface area contributed by atoms with E-state index in [9.17, 15) is 0 Å². The van der Waals surface area contributed by atoms with Crippen LogP contribution in [0.5, 0.6) is 0 Å². The Morgan fingerprint density at radius 2 is 1.50 bits per heavy atom. The van der Waals surface area contributed by atoms with Gasteiger partial charge >= 0.3 is 0 Å². The highest BCUT2D eigenvalue weighted by Crippen LogP contribution is 2.31. The van der Waals surface area contributed by atoms with Crippen LogP contribution in [0.2, 0.25) is 0 Å². The van der Waals surface area contributed by atoms with Gasteiger partial charge in [0.25, 0.3) is 0 Å². The second kappa shape index (κ2) is 6.05. The van der Waals surface area contributed by atoms with Crippen molar-refractivity contribution in [2.45, 2.75) is 73.8 Å². The van der Waals surface area contributed by atoms with Gasteiger partial charge in [0.1, 0.15) is 0 Å². The van der Waals surface area contributed by atoms with Crippen LogP contribution in [0, 0.1) is 17.3 Å². The molecule has 1 heteroatoms. The van der Waals surface area contributed by atoms with E-state index < -0.39 is 0 Å². The molecule has 0 rings (SSSR count). The van der Waals surface area contributed by atoms with Crippen molar-refractivity contribution >= 4 is 0 Å². The summed E-state index contributed by atoms with van der Waals surface area (Å²) in [5.41, 5.74) is 0.640. The van der Waals surface area contributed by atoms with E-state index in [1.54, 1.807) is 0 Å². The normalized spacial score (nSPS) is 17.2. The zero-order valence-electron chi connectivity index (χ0n) is 12.8. The van der Waals surface area contributed by atoms with Gasteiger partial charge < -0.3 is 5.32 Å². The summed E-state index contributed by atoms with van der Waals surface area (Å²) in [5.74, 6) is 1.60. The van der Waals surface area contributed by atoms with Crippen molar-refractivity contribution in [3.8, 4) is 0 Å². The molecule has 0 spiro atoms. The Hall–Kier alpha value is -0.0400. The van der Waals surface area contributed by atoms with Gasteiger partial charge in [-0.05, 0) is 51.0 Å². The standard InChI is InChI=1S/C15H33N/c1-9-12(2)10-13(14(3,4)5)11-16-15(6,7)8/h12-13,16H,9-11H2,1-8H3. The molecule has 98 valence electrons. The number of rotatable bonds is 5. The molecule has 1 N–H and O–H groups in total. The minimum atomic E-state index is 0.235. The van der Waals surface area contributed by atoms with E-state index in [-0.39, 0.29) is 5.54 Å². The fraction of sp³-hybridized carbons (Fsp3) is 1.00. The van der Waals surface area contributed by atoms with Crippen LogP contribution in [0.3, 0.4) is 0 Å². The lowest BCUT2D eigenvalue weighted by Gasteiger charge is -2.35. The van der Waals surface area contributed by atoms with Crippen molar-refractivity contribution in [1.29, 1.82) is 0 Å². The Morgan fingerprint density at radius 3 is 1.81 bits per heavy atom. The maximum Gasteiger partial charge on any atom is 0.00966 e. The summed E-state index contributed by atoms with van der Waals surface area (Å²) < 4.78 is 0. The molecule has 0 saturated heterocycles. The molecule has 0 fully saturated rings. The van der Waals surface area contributed by atoms with Gasteiger partial charge in [-0.1, -0.05) is 41.0 Å². The first kappa shape index (κ1) is 16.0. The highest BCUT2D eigenvalue weighted by Gasteiger charge is 2.26. The van der Waals surface area contributed by atoms with Gasteiger partial charge in [-0.2, -0.15) is 0 Å². The predicted octanol–water partition coefficient (Wildman–Crippen LogP) is 4.47. The zero-order valence-corrected chi connectivity index (χ0v) is 12.8. The van der Waals surface area contributed by atoms with Crippen LogP contribution in [0.4, 0.5) is 0 Å². The topological polar surface area (TPSA) is 12.0 Å². The van der Waals surface area contributed by atoms with Crippen LogP contribution in [0.15, 0.2) is 0 Å². The van der Waals surface area contributed by atoms with Gasteiger partial charge in [0.15, 0.2) is 0 Å². The average Bonchev–Trinajstić information content (AvgIpc) is 2.08. The van der Waals surface area contributed by atoms with Crippen molar-refractivity contribution in [2.75, 3.05) is 6.54 Å². The average molecular weight is 227 g/mol. The first-order valence-corrected chi connectivity index (χ1v) is 6.81. The van der Waals surface area contributed by atoms with E-state index in [2.05, 4.69) is 60.7 Å². The number of hydrogen-bond donors (Lipinski definition) is 1.